The van der Waals surface area contributed by atoms with E-state index in [1.54, 1.807) is 4.90 Å². The molecular weight excluding hydrogens is 496 g/mol. The van der Waals surface area contributed by atoms with E-state index in [1.165, 1.54) is 0 Å². The highest BCUT2D eigenvalue weighted by atomic mass is 35.5. The van der Waals surface area contributed by atoms with Crippen LogP contribution in [0, 0.1) is 0 Å². The first-order valence-corrected chi connectivity index (χ1v) is 11.0. The highest BCUT2D eigenvalue weighted by Crippen LogP contribution is 2.36. The molecule has 3 rings (SSSR count). The molecule has 35 heavy (non-hydrogen) atoms. The van der Waals surface area contributed by atoms with Crippen molar-refractivity contribution in [3.8, 4) is 0 Å². The molecule has 11 heteroatoms. The summed E-state index contributed by atoms with van der Waals surface area (Å²) < 4.78 is 78.4. The molecule has 2 amide bonds. The summed E-state index contributed by atoms with van der Waals surface area (Å²) in [5, 5.41) is 5.91. The molecule has 0 spiro atoms. The normalized spacial score (nSPS) is 16.7. The maximum absolute atomic E-state index is 13.1. The van der Waals surface area contributed by atoms with E-state index in [0.29, 0.717) is 37.7 Å². The van der Waals surface area contributed by atoms with Crippen LogP contribution >= 0.6 is 12.4 Å². The van der Waals surface area contributed by atoms with E-state index >= 15 is 0 Å². The molecule has 1 saturated heterocycles. The standard InChI is InChI=1S/C24H27F6N3O.ClH/c1-15(2)17-4-3-5-18(12-17)21-14-31-8-9-33(21)22(34)32-7-6-16-10-19(23(25,26)27)13-20(11-16)24(28,29)30;/h3-5,10-13,15,21,31H,6-9,14H2,1-2H3,(H,32,34);1H. The molecule has 2 N–H and O–H groups in total. The average molecular weight is 524 g/mol. The van der Waals surface area contributed by atoms with Crippen molar-refractivity contribution >= 4 is 18.4 Å². The van der Waals surface area contributed by atoms with Gasteiger partial charge in [0.1, 0.15) is 0 Å². The van der Waals surface area contributed by atoms with Crippen molar-refractivity contribution in [2.45, 2.75) is 44.6 Å². The highest BCUT2D eigenvalue weighted by Gasteiger charge is 2.37. The molecule has 0 saturated carbocycles. The number of nitrogens with zero attached hydrogens (tertiary/aromatic N) is 1. The number of rotatable bonds is 5. The van der Waals surface area contributed by atoms with Gasteiger partial charge in [-0.2, -0.15) is 26.3 Å². The molecule has 1 atom stereocenters. The highest BCUT2D eigenvalue weighted by molar-refractivity contribution is 5.85. The maximum atomic E-state index is 13.1. The Kier molecular flexibility index (Phi) is 9.47. The third kappa shape index (κ3) is 7.51. The topological polar surface area (TPSA) is 44.4 Å². The zero-order valence-electron chi connectivity index (χ0n) is 19.3. The summed E-state index contributed by atoms with van der Waals surface area (Å²) >= 11 is 0. The van der Waals surface area contributed by atoms with Gasteiger partial charge in [-0.15, -0.1) is 12.4 Å². The largest absolute Gasteiger partial charge is 0.416 e. The van der Waals surface area contributed by atoms with Crippen molar-refractivity contribution in [2.24, 2.45) is 0 Å². The molecule has 1 unspecified atom stereocenters. The molecule has 194 valence electrons. The number of halogens is 7. The average Bonchev–Trinajstić information content (AvgIpc) is 2.77. The van der Waals surface area contributed by atoms with Crippen molar-refractivity contribution < 1.29 is 31.1 Å². The Morgan fingerprint density at radius 1 is 1.06 bits per heavy atom. The van der Waals surface area contributed by atoms with Gasteiger partial charge in [-0.25, -0.2) is 4.79 Å². The van der Waals surface area contributed by atoms with Crippen LogP contribution in [0.2, 0.25) is 0 Å². The zero-order valence-corrected chi connectivity index (χ0v) is 20.1. The van der Waals surface area contributed by atoms with Crippen LogP contribution in [0.1, 0.15) is 53.6 Å². The van der Waals surface area contributed by atoms with E-state index in [4.69, 9.17) is 0 Å². The van der Waals surface area contributed by atoms with Crippen LogP contribution in [0.4, 0.5) is 31.1 Å². The Morgan fingerprint density at radius 2 is 1.69 bits per heavy atom. The second-order valence-electron chi connectivity index (χ2n) is 8.63. The van der Waals surface area contributed by atoms with Crippen LogP contribution in [0.3, 0.4) is 0 Å². The van der Waals surface area contributed by atoms with Gasteiger partial charge in [0.2, 0.25) is 0 Å². The number of carbonyl (C=O) groups is 1. The Labute approximate surface area is 206 Å². The van der Waals surface area contributed by atoms with Crippen molar-refractivity contribution in [1.29, 1.82) is 0 Å². The van der Waals surface area contributed by atoms with Crippen LogP contribution in [-0.4, -0.2) is 37.1 Å². The minimum atomic E-state index is -4.90. The van der Waals surface area contributed by atoms with Gasteiger partial charge in [-0.05, 0) is 47.2 Å². The molecule has 1 fully saturated rings. The first-order valence-electron chi connectivity index (χ1n) is 11.0. The first kappa shape index (κ1) is 28.8. The number of alkyl halides is 6. The third-order valence-electron chi connectivity index (χ3n) is 5.80. The van der Waals surface area contributed by atoms with Gasteiger partial charge in [-0.1, -0.05) is 38.1 Å². The zero-order chi connectivity index (χ0) is 25.1. The second-order valence-corrected chi connectivity index (χ2v) is 8.63. The predicted molar refractivity (Wildman–Crippen MR) is 124 cm³/mol. The van der Waals surface area contributed by atoms with Crippen LogP contribution in [0.25, 0.3) is 0 Å². The van der Waals surface area contributed by atoms with E-state index in [-0.39, 0.29) is 43.0 Å². The van der Waals surface area contributed by atoms with E-state index in [0.717, 1.165) is 11.1 Å². The fourth-order valence-electron chi connectivity index (χ4n) is 3.95. The molecule has 0 aliphatic carbocycles. The molecule has 1 aliphatic heterocycles. The van der Waals surface area contributed by atoms with Crippen molar-refractivity contribution in [3.63, 3.8) is 0 Å². The summed E-state index contributed by atoms with van der Waals surface area (Å²) in [6, 6.07) is 8.75. The molecule has 0 aromatic heterocycles. The summed E-state index contributed by atoms with van der Waals surface area (Å²) in [6.07, 6.45) is -9.98. The monoisotopic (exact) mass is 523 g/mol. The Morgan fingerprint density at radius 3 is 2.26 bits per heavy atom. The summed E-state index contributed by atoms with van der Waals surface area (Å²) in [4.78, 5) is 14.5. The number of nitrogens with one attached hydrogen (secondary N) is 2. The van der Waals surface area contributed by atoms with Gasteiger partial charge in [0.15, 0.2) is 0 Å². The number of benzene rings is 2. The number of piperazine rings is 1. The molecule has 2 aromatic carbocycles. The predicted octanol–water partition coefficient (Wildman–Crippen LogP) is 6.17. The van der Waals surface area contributed by atoms with Crippen molar-refractivity contribution in [1.82, 2.24) is 15.5 Å². The SMILES string of the molecule is CC(C)c1cccc(C2CNCCN2C(=O)NCCc2cc(C(F)(F)F)cc(C(F)(F)F)c2)c1.Cl. The third-order valence-corrected chi connectivity index (χ3v) is 5.80. The summed E-state index contributed by atoms with van der Waals surface area (Å²) in [6.45, 7) is 5.58. The summed E-state index contributed by atoms with van der Waals surface area (Å²) in [5.74, 6) is 0.313. The number of carbonyl (C=O) groups excluding carboxylic acids is 1. The fraction of sp³-hybridized carbons (Fsp3) is 0.458. The quantitative estimate of drug-likeness (QED) is 0.460. The van der Waals surface area contributed by atoms with Crippen LogP contribution in [-0.2, 0) is 18.8 Å². The lowest BCUT2D eigenvalue weighted by molar-refractivity contribution is -0.143. The van der Waals surface area contributed by atoms with Gasteiger partial charge in [0.25, 0.3) is 0 Å². The van der Waals surface area contributed by atoms with Crippen molar-refractivity contribution in [3.05, 3.63) is 70.3 Å². The van der Waals surface area contributed by atoms with Gasteiger partial charge in [0.05, 0.1) is 17.2 Å². The lowest BCUT2D eigenvalue weighted by Gasteiger charge is -2.36. The van der Waals surface area contributed by atoms with E-state index in [2.05, 4.69) is 24.5 Å². The smallest absolute Gasteiger partial charge is 0.338 e. The molecule has 4 nitrogen and oxygen atoms in total. The van der Waals surface area contributed by atoms with Gasteiger partial charge >= 0.3 is 18.4 Å². The molecule has 0 radical (unpaired) electrons. The molecule has 1 aliphatic rings. The Bertz CT molecular complexity index is 977. The van der Waals surface area contributed by atoms with Crippen LogP contribution in [0.15, 0.2) is 42.5 Å². The van der Waals surface area contributed by atoms with E-state index < -0.39 is 29.5 Å². The van der Waals surface area contributed by atoms with E-state index in [9.17, 15) is 31.1 Å². The molecular formula is C24H28ClF6N3O. The summed E-state index contributed by atoms with van der Waals surface area (Å²) in [7, 11) is 0. The minimum absolute atomic E-state index is 0. The van der Waals surface area contributed by atoms with Gasteiger partial charge < -0.3 is 15.5 Å². The summed E-state index contributed by atoms with van der Waals surface area (Å²) in [5.41, 5.74) is -0.787. The number of urea groups is 1. The van der Waals surface area contributed by atoms with Gasteiger partial charge in [0, 0.05) is 26.2 Å². The maximum Gasteiger partial charge on any atom is 0.416 e. The first-order chi connectivity index (χ1) is 15.9. The number of hydrogen-bond acceptors (Lipinski definition) is 2. The lowest BCUT2D eigenvalue weighted by atomic mass is 9.96. The van der Waals surface area contributed by atoms with Crippen LogP contribution in [0.5, 0.6) is 0 Å². The Hall–Kier alpha value is -2.46. The van der Waals surface area contributed by atoms with Crippen molar-refractivity contribution in [2.75, 3.05) is 26.2 Å². The molecule has 1 heterocycles. The second kappa shape index (κ2) is 11.5. The van der Waals surface area contributed by atoms with Gasteiger partial charge in [-0.3, -0.25) is 0 Å². The fourth-order valence-corrected chi connectivity index (χ4v) is 3.95. The van der Waals surface area contributed by atoms with E-state index in [1.807, 2.05) is 24.3 Å². The minimum Gasteiger partial charge on any atom is -0.338 e. The van der Waals surface area contributed by atoms with Crippen LogP contribution < -0.4 is 10.6 Å². The lowest BCUT2D eigenvalue weighted by Crippen LogP contribution is -2.52. The number of amides is 2. The molecule has 0 bridgehead atoms. The molecule has 2 aromatic rings. The number of hydrogen-bond donors (Lipinski definition) is 2. The Balaban J connectivity index is 0.00000432.